The van der Waals surface area contributed by atoms with Gasteiger partial charge in [0.2, 0.25) is 0 Å². The van der Waals surface area contributed by atoms with Crippen molar-refractivity contribution in [1.29, 1.82) is 0 Å². The summed E-state index contributed by atoms with van der Waals surface area (Å²) in [6.45, 7) is 0. The van der Waals surface area contributed by atoms with Crippen molar-refractivity contribution in [2.24, 2.45) is 9.98 Å². The van der Waals surface area contributed by atoms with Gasteiger partial charge in [0, 0.05) is 30.2 Å². The van der Waals surface area contributed by atoms with Crippen molar-refractivity contribution < 1.29 is 255 Å². The molecule has 12 nitrogen and oxygen atoms in total. The Morgan fingerprint density at radius 1 is 0.596 bits per heavy atom. The van der Waals surface area contributed by atoms with Gasteiger partial charge in [-0.2, -0.15) is 0 Å². The van der Waals surface area contributed by atoms with Crippen LogP contribution in [0.25, 0.3) is 22.3 Å². The maximum atomic E-state index is 13.4. The number of carbonyl (C=O) groups excluding carboxylic acids is 2. The molecule has 47 heavy (non-hydrogen) atoms. The molecule has 0 heterocycles. The van der Waals surface area contributed by atoms with Crippen LogP contribution >= 0.6 is 0 Å². The third kappa shape index (κ3) is 12.6. The summed E-state index contributed by atoms with van der Waals surface area (Å²) in [4.78, 5) is 52.6. The number of carboxylic acid groups (broad SMARTS) is 4. The summed E-state index contributed by atoms with van der Waals surface area (Å²) in [7, 11) is 0. The van der Waals surface area contributed by atoms with E-state index in [9.17, 15) is 49.8 Å². The van der Waals surface area contributed by atoms with E-state index >= 15 is 0 Å². The zero-order valence-electron chi connectivity index (χ0n) is 26.5. The molecule has 16 heteroatoms. The van der Waals surface area contributed by atoms with Gasteiger partial charge in [-0.3, -0.25) is 9.98 Å². The number of benzene rings is 3. The second-order valence-corrected chi connectivity index (χ2v) is 10.0. The van der Waals surface area contributed by atoms with Crippen LogP contribution < -0.4 is 226 Å². The van der Waals surface area contributed by atoms with Crippen LogP contribution in [0.5, 0.6) is 0 Å². The molecule has 0 radical (unpaired) electrons. The quantitative estimate of drug-likeness (QED) is 0.0956. The average molecular weight is 741 g/mol. The van der Waals surface area contributed by atoms with Gasteiger partial charge in [0.05, 0.1) is 0 Å². The van der Waals surface area contributed by atoms with Crippen LogP contribution in [0.3, 0.4) is 0 Å². The van der Waals surface area contributed by atoms with E-state index < -0.39 is 78.9 Å². The third-order valence-corrected chi connectivity index (χ3v) is 7.17. The zero-order valence-corrected chi connectivity index (χ0v) is 39.0. The first-order valence-corrected chi connectivity index (χ1v) is 13.0. The maximum absolute atomic E-state index is 13.4. The van der Waals surface area contributed by atoms with Crippen LogP contribution in [0.1, 0.15) is 36.8 Å². The smallest absolute Gasteiger partial charge is 0.862 e. The molecule has 0 spiro atoms. The molecule has 0 saturated carbocycles. The molecule has 1 aliphatic carbocycles. The van der Waals surface area contributed by atoms with Gasteiger partial charge in [0.15, 0.2) is 12.1 Å². The largest absolute Gasteiger partial charge is 1.00 e. The molecule has 0 saturated heterocycles. The van der Waals surface area contributed by atoms with E-state index in [4.69, 9.17) is 0 Å². The van der Waals surface area contributed by atoms with Crippen LogP contribution in [0, 0.1) is 0 Å². The summed E-state index contributed by atoms with van der Waals surface area (Å²) in [6, 6.07) is 17.5. The number of nitrogens with zero attached hydrogens (tertiary/aromatic N) is 2. The van der Waals surface area contributed by atoms with Crippen LogP contribution in [0.15, 0.2) is 82.8 Å². The fourth-order valence-electron chi connectivity index (χ4n) is 5.36. The molecule has 2 atom stereocenters. The summed E-state index contributed by atoms with van der Waals surface area (Å²) in [5.41, 5.74) is 2.21. The van der Waals surface area contributed by atoms with Gasteiger partial charge in [-0.25, -0.2) is 9.59 Å². The number of carbonyl (C=O) groups is 4. The van der Waals surface area contributed by atoms with E-state index in [1.54, 1.807) is 36.4 Å². The van der Waals surface area contributed by atoms with Crippen molar-refractivity contribution >= 4 is 35.7 Å². The van der Waals surface area contributed by atoms with E-state index in [0.717, 1.165) is 5.56 Å². The monoisotopic (exact) mass is 740 g/mol. The van der Waals surface area contributed by atoms with Crippen molar-refractivity contribution in [3.8, 4) is 22.3 Å². The number of aliphatic imine (C=N–C) groups is 2. The molecule has 1 aliphatic rings. The topological polar surface area (TPSA) is 226 Å². The number of hydrogen-bond acceptors (Lipinski definition) is 10. The van der Waals surface area contributed by atoms with E-state index in [0.29, 0.717) is 27.8 Å². The first-order chi connectivity index (χ1) is 20.4. The minimum Gasteiger partial charge on any atom is -0.862 e. The molecule has 0 aromatic heterocycles. The van der Waals surface area contributed by atoms with Crippen LogP contribution in [-0.2, 0) is 24.6 Å². The molecule has 0 bridgehead atoms. The summed E-state index contributed by atoms with van der Waals surface area (Å²) >= 11 is 0. The van der Waals surface area contributed by atoms with Gasteiger partial charge in [0.25, 0.3) is 0 Å². The van der Waals surface area contributed by atoms with E-state index in [1.807, 2.05) is 36.4 Å². The molecule has 0 aliphatic heterocycles. The van der Waals surface area contributed by atoms with Crippen molar-refractivity contribution in [2.75, 3.05) is 0 Å². The molecule has 2 N–H and O–H groups in total. The average Bonchev–Trinajstić information content (AvgIpc) is 3.20. The van der Waals surface area contributed by atoms with Crippen molar-refractivity contribution in [3.05, 3.63) is 83.9 Å². The Bertz CT molecular complexity index is 1600. The van der Waals surface area contributed by atoms with Gasteiger partial charge in [-0.1, -0.05) is 66.7 Å². The molecular weight excluding hydrogens is 717 g/mol. The number of carboxylic acids is 4. The number of hydrogen-bond donors (Lipinski definition) is 2. The predicted octanol–water partition coefficient (Wildman–Crippen LogP) is -12.9. The van der Waals surface area contributed by atoms with Crippen LogP contribution in [0.4, 0.5) is 0 Å². The van der Waals surface area contributed by atoms with Gasteiger partial charge in [0.1, 0.15) is 0 Å². The molecule has 0 amide bonds. The van der Waals surface area contributed by atoms with Gasteiger partial charge in [-0.15, -0.1) is 0 Å². The maximum Gasteiger partial charge on any atom is 1.00 e. The van der Waals surface area contributed by atoms with Gasteiger partial charge >= 0.3 is 217 Å². The van der Waals surface area contributed by atoms with Crippen molar-refractivity contribution in [3.63, 3.8) is 0 Å². The number of aliphatic carboxylic acids is 4. The Kier molecular flexibility index (Phi) is 22.7. The first-order valence-electron chi connectivity index (χ1n) is 13.0. The van der Waals surface area contributed by atoms with Crippen LogP contribution in [-0.4, -0.2) is 58.0 Å². The fraction of sp³-hybridized carbons (Fsp3) is 0.226. The molecule has 4 rings (SSSR count). The standard InChI is InChI=1S/C31H28N2O10.4K/c34-25(32-23(29(40)41)13-27(36)37)15-31(16-26(35)33-24(30(42)43)14-28(38)39)21-9-5-4-8-19(21)20-11-10-18(12-22(20)31)17-6-2-1-3-7-17;;;;/h1-12,23-24H,13-16H2,(H,32,34)(H,33,35)(H,36,37)(H,38,39)(H,40,41)(H,42,43);;;;/q;4*+1/p-4. The Morgan fingerprint density at radius 2 is 1.04 bits per heavy atom. The second kappa shape index (κ2) is 22.2. The minimum absolute atomic E-state index is 0. The van der Waals surface area contributed by atoms with Gasteiger partial charge < -0.3 is 40.2 Å². The van der Waals surface area contributed by atoms with Crippen molar-refractivity contribution in [2.45, 2.75) is 43.2 Å². The van der Waals surface area contributed by atoms with Crippen molar-refractivity contribution in [1.82, 2.24) is 0 Å². The number of fused-ring (bicyclic) bond motifs is 3. The summed E-state index contributed by atoms with van der Waals surface area (Å²) in [5, 5.41) is 67.8. The van der Waals surface area contributed by atoms with E-state index in [1.165, 1.54) is 0 Å². The number of rotatable bonds is 13. The molecule has 0 fully saturated rings. The Hall–Kier alpha value is 1.03. The molecule has 3 aromatic rings. The fourth-order valence-corrected chi connectivity index (χ4v) is 5.36. The SMILES string of the molecule is O=C([O-])CC(N=C([O-])CC1(CC([O-])=NC(CC(=O)[O-])C(=O)O)c2ccccc2-c2ccc(-c3ccccc3)cc21)C(=O)O.[K+].[K+].[K+].[K+]. The molecular formula is C31H24K4N2O10. The second-order valence-electron chi connectivity index (χ2n) is 10.0. The molecule has 222 valence electrons. The Morgan fingerprint density at radius 3 is 1.51 bits per heavy atom. The first kappa shape index (κ1) is 48.0. The molecule has 3 aromatic carbocycles. The van der Waals surface area contributed by atoms with E-state index in [-0.39, 0.29) is 206 Å². The molecule has 2 unspecified atom stereocenters. The summed E-state index contributed by atoms with van der Waals surface area (Å²) < 4.78 is 0. The summed E-state index contributed by atoms with van der Waals surface area (Å²) in [6.07, 6.45) is -3.33. The van der Waals surface area contributed by atoms with E-state index in [2.05, 4.69) is 9.98 Å². The Balaban J connectivity index is 0.00000529. The van der Waals surface area contributed by atoms with Gasteiger partial charge in [-0.05, 0) is 64.1 Å². The minimum atomic E-state index is -1.94. The predicted molar refractivity (Wildman–Crippen MR) is 144 cm³/mol. The zero-order chi connectivity index (χ0) is 31.3. The third-order valence-electron chi connectivity index (χ3n) is 7.17. The summed E-state index contributed by atoms with van der Waals surface area (Å²) in [5.74, 6) is -8.85. The Labute approximate surface area is 440 Å². The van der Waals surface area contributed by atoms with Crippen LogP contribution in [0.2, 0.25) is 0 Å². The normalized spacial score (nSPS) is 15.9.